The molecule has 1 rings (SSSR count). The molecule has 23 heavy (non-hydrogen) atoms. The number of benzene rings is 1. The molecule has 0 heterocycles. The van der Waals surface area contributed by atoms with Gasteiger partial charge in [-0.2, -0.15) is 0 Å². The zero-order valence-corrected chi connectivity index (χ0v) is 16.4. The number of hydrogen-bond donors (Lipinski definition) is 2. The molecule has 1 aromatic carbocycles. The highest BCUT2D eigenvalue weighted by atomic mass is 33.1. The van der Waals surface area contributed by atoms with E-state index in [0.29, 0.717) is 0 Å². The zero-order chi connectivity index (χ0) is 16.8. The Morgan fingerprint density at radius 3 is 2.30 bits per heavy atom. The predicted octanol–water partition coefficient (Wildman–Crippen LogP) is 4.65. The topological polar surface area (TPSA) is 41.3 Å². The first kappa shape index (κ1) is 20.5. The quantitative estimate of drug-likeness (QED) is 0.289. The fourth-order valence-corrected chi connectivity index (χ4v) is 4.15. The first-order valence-electron chi connectivity index (χ1n) is 8.83. The van der Waals surface area contributed by atoms with E-state index in [1.54, 1.807) is 0 Å². The summed E-state index contributed by atoms with van der Waals surface area (Å²) in [6.45, 7) is 8.99. The molecule has 132 valence electrons. The van der Waals surface area contributed by atoms with Crippen molar-refractivity contribution < 1.29 is 0 Å². The lowest BCUT2D eigenvalue weighted by molar-refractivity contribution is 0.666. The van der Waals surface area contributed by atoms with E-state index in [1.165, 1.54) is 37.1 Å². The maximum absolute atomic E-state index is 5.79. The number of unbranched alkanes of at least 4 members (excludes halogenated alkanes) is 2. The van der Waals surface area contributed by atoms with Gasteiger partial charge in [0.05, 0.1) is 0 Å². The monoisotopic (exact) mass is 355 g/mol. The van der Waals surface area contributed by atoms with E-state index in [1.807, 2.05) is 33.7 Å². The SMILES string of the molecule is CCCCNCCSSCCN(CCCC)c1ccc(N)cc1. The standard InChI is InChI=1S/C18H33N3S2/c1-3-5-11-20-12-15-22-23-16-14-21(13-6-4-2)18-9-7-17(19)8-10-18/h7-10,20H,3-6,11-16,19H2,1-2H3. The maximum Gasteiger partial charge on any atom is 0.0367 e. The molecule has 5 heteroatoms. The van der Waals surface area contributed by atoms with E-state index in [2.05, 4.69) is 36.2 Å². The van der Waals surface area contributed by atoms with Crippen molar-refractivity contribution >= 4 is 33.0 Å². The lowest BCUT2D eigenvalue weighted by Gasteiger charge is -2.24. The van der Waals surface area contributed by atoms with Gasteiger partial charge in [0.2, 0.25) is 0 Å². The van der Waals surface area contributed by atoms with Crippen LogP contribution in [-0.4, -0.2) is 37.7 Å². The predicted molar refractivity (Wildman–Crippen MR) is 111 cm³/mol. The van der Waals surface area contributed by atoms with Gasteiger partial charge in [0.15, 0.2) is 0 Å². The maximum atomic E-state index is 5.79. The molecule has 0 saturated heterocycles. The smallest absolute Gasteiger partial charge is 0.0367 e. The number of hydrogen-bond acceptors (Lipinski definition) is 5. The summed E-state index contributed by atoms with van der Waals surface area (Å²) in [4.78, 5) is 2.48. The average Bonchev–Trinajstić information content (AvgIpc) is 2.57. The van der Waals surface area contributed by atoms with Gasteiger partial charge in [0.1, 0.15) is 0 Å². The van der Waals surface area contributed by atoms with E-state index in [0.717, 1.165) is 37.6 Å². The Morgan fingerprint density at radius 1 is 0.913 bits per heavy atom. The molecule has 0 aliphatic heterocycles. The Hall–Kier alpha value is -0.520. The summed E-state index contributed by atoms with van der Waals surface area (Å²) >= 11 is 0. The minimum Gasteiger partial charge on any atom is -0.399 e. The van der Waals surface area contributed by atoms with Crippen LogP contribution in [0, 0.1) is 0 Å². The lowest BCUT2D eigenvalue weighted by Crippen LogP contribution is -2.26. The second-order valence-electron chi connectivity index (χ2n) is 5.68. The highest BCUT2D eigenvalue weighted by molar-refractivity contribution is 8.76. The third kappa shape index (κ3) is 10.0. The van der Waals surface area contributed by atoms with Gasteiger partial charge in [-0.05, 0) is 43.7 Å². The molecular weight excluding hydrogens is 322 g/mol. The molecule has 1 aromatic rings. The van der Waals surface area contributed by atoms with Crippen molar-refractivity contribution in [2.75, 3.05) is 48.3 Å². The molecular formula is C18H33N3S2. The molecule has 0 amide bonds. The summed E-state index contributed by atoms with van der Waals surface area (Å²) in [5.41, 5.74) is 7.92. The van der Waals surface area contributed by atoms with Crippen LogP contribution in [0.15, 0.2) is 24.3 Å². The van der Waals surface area contributed by atoms with Crippen molar-refractivity contribution in [2.45, 2.75) is 39.5 Å². The Labute approximate surface area is 150 Å². The van der Waals surface area contributed by atoms with Crippen LogP contribution in [-0.2, 0) is 0 Å². The largest absolute Gasteiger partial charge is 0.399 e. The van der Waals surface area contributed by atoms with Gasteiger partial charge < -0.3 is 16.0 Å². The molecule has 0 aromatic heterocycles. The van der Waals surface area contributed by atoms with Gasteiger partial charge in [0, 0.05) is 42.5 Å². The van der Waals surface area contributed by atoms with E-state index >= 15 is 0 Å². The van der Waals surface area contributed by atoms with Crippen LogP contribution in [0.5, 0.6) is 0 Å². The molecule has 3 nitrogen and oxygen atoms in total. The van der Waals surface area contributed by atoms with E-state index in [9.17, 15) is 0 Å². The second-order valence-corrected chi connectivity index (χ2v) is 8.38. The number of nitrogen functional groups attached to an aromatic ring is 1. The minimum atomic E-state index is 0.838. The molecule has 0 saturated carbocycles. The van der Waals surface area contributed by atoms with E-state index in [4.69, 9.17) is 5.73 Å². The van der Waals surface area contributed by atoms with Crippen molar-refractivity contribution in [1.82, 2.24) is 5.32 Å². The number of nitrogens with one attached hydrogen (secondary N) is 1. The molecule has 0 unspecified atom stereocenters. The van der Waals surface area contributed by atoms with Crippen LogP contribution in [0.25, 0.3) is 0 Å². The Balaban J connectivity index is 2.20. The zero-order valence-electron chi connectivity index (χ0n) is 14.7. The highest BCUT2D eigenvalue weighted by Crippen LogP contribution is 2.22. The van der Waals surface area contributed by atoms with Crippen LogP contribution >= 0.6 is 21.6 Å². The first-order chi connectivity index (χ1) is 11.3. The van der Waals surface area contributed by atoms with Gasteiger partial charge in [-0.15, -0.1) is 0 Å². The fourth-order valence-electron chi connectivity index (χ4n) is 2.21. The first-order valence-corrected chi connectivity index (χ1v) is 11.3. The summed E-state index contributed by atoms with van der Waals surface area (Å²) in [6, 6.07) is 8.27. The van der Waals surface area contributed by atoms with Crippen LogP contribution in [0.2, 0.25) is 0 Å². The van der Waals surface area contributed by atoms with Gasteiger partial charge in [-0.1, -0.05) is 48.3 Å². The lowest BCUT2D eigenvalue weighted by atomic mass is 10.2. The summed E-state index contributed by atoms with van der Waals surface area (Å²) < 4.78 is 0. The molecule has 0 fully saturated rings. The molecule has 0 bridgehead atoms. The van der Waals surface area contributed by atoms with Crippen molar-refractivity contribution in [3.63, 3.8) is 0 Å². The summed E-state index contributed by atoms with van der Waals surface area (Å²) in [7, 11) is 3.97. The summed E-state index contributed by atoms with van der Waals surface area (Å²) in [5.74, 6) is 2.35. The van der Waals surface area contributed by atoms with Crippen LogP contribution in [0.1, 0.15) is 39.5 Å². The fraction of sp³-hybridized carbons (Fsp3) is 0.667. The van der Waals surface area contributed by atoms with Gasteiger partial charge in [0.25, 0.3) is 0 Å². The van der Waals surface area contributed by atoms with Crippen molar-refractivity contribution in [1.29, 1.82) is 0 Å². The number of nitrogens with zero attached hydrogens (tertiary/aromatic N) is 1. The third-order valence-electron chi connectivity index (χ3n) is 3.64. The summed E-state index contributed by atoms with van der Waals surface area (Å²) in [6.07, 6.45) is 5.03. The number of anilines is 2. The Bertz CT molecular complexity index is 384. The molecule has 0 atom stereocenters. The summed E-state index contributed by atoms with van der Waals surface area (Å²) in [5, 5.41) is 3.49. The molecule has 0 aliphatic carbocycles. The molecule has 3 N–H and O–H groups in total. The molecule has 0 aliphatic rings. The van der Waals surface area contributed by atoms with Crippen LogP contribution in [0.3, 0.4) is 0 Å². The van der Waals surface area contributed by atoms with Gasteiger partial charge in [-0.25, -0.2) is 0 Å². The minimum absolute atomic E-state index is 0.838. The van der Waals surface area contributed by atoms with E-state index in [-0.39, 0.29) is 0 Å². The number of nitrogens with two attached hydrogens (primary N) is 1. The Morgan fingerprint density at radius 2 is 1.61 bits per heavy atom. The van der Waals surface area contributed by atoms with Crippen molar-refractivity contribution in [2.24, 2.45) is 0 Å². The average molecular weight is 356 g/mol. The van der Waals surface area contributed by atoms with Gasteiger partial charge in [-0.3, -0.25) is 0 Å². The molecule has 0 radical (unpaired) electrons. The Kier molecular flexibility index (Phi) is 12.4. The van der Waals surface area contributed by atoms with Crippen molar-refractivity contribution in [3.05, 3.63) is 24.3 Å². The van der Waals surface area contributed by atoms with Crippen molar-refractivity contribution in [3.8, 4) is 0 Å². The normalized spacial score (nSPS) is 10.9. The van der Waals surface area contributed by atoms with Crippen LogP contribution < -0.4 is 16.0 Å². The van der Waals surface area contributed by atoms with Crippen LogP contribution in [0.4, 0.5) is 11.4 Å². The third-order valence-corrected chi connectivity index (χ3v) is 6.02. The second kappa shape index (κ2) is 13.9. The highest BCUT2D eigenvalue weighted by Gasteiger charge is 2.06. The molecule has 0 spiro atoms. The van der Waals surface area contributed by atoms with E-state index < -0.39 is 0 Å². The van der Waals surface area contributed by atoms with Gasteiger partial charge >= 0.3 is 0 Å². The number of rotatable bonds is 14.